The van der Waals surface area contributed by atoms with Gasteiger partial charge < -0.3 is 19.9 Å². The first-order valence-electron chi connectivity index (χ1n) is 11.1. The predicted molar refractivity (Wildman–Crippen MR) is 112 cm³/mol. The van der Waals surface area contributed by atoms with Crippen molar-refractivity contribution in [2.24, 2.45) is 4.99 Å². The zero-order valence-corrected chi connectivity index (χ0v) is 17.5. The summed E-state index contributed by atoms with van der Waals surface area (Å²) in [4.78, 5) is 7.20. The molecular formula is C20H37N7O. The number of nitrogens with one attached hydrogen (secondary N) is 2. The zero-order chi connectivity index (χ0) is 19.4. The highest BCUT2D eigenvalue weighted by Crippen LogP contribution is 2.15. The van der Waals surface area contributed by atoms with Gasteiger partial charge in [0.15, 0.2) is 5.96 Å². The molecule has 0 aromatic carbocycles. The highest BCUT2D eigenvalue weighted by atomic mass is 16.5. The third-order valence-corrected chi connectivity index (χ3v) is 5.41. The average Bonchev–Trinajstić information content (AvgIpc) is 2.95. The minimum Gasteiger partial charge on any atom is -0.379 e. The molecule has 8 heteroatoms. The summed E-state index contributed by atoms with van der Waals surface area (Å²) in [6.07, 6.45) is 7.94. The van der Waals surface area contributed by atoms with Crippen LogP contribution in [0.5, 0.6) is 0 Å². The van der Waals surface area contributed by atoms with Crippen LogP contribution in [0.1, 0.15) is 50.7 Å². The van der Waals surface area contributed by atoms with E-state index in [1.807, 2.05) is 0 Å². The van der Waals surface area contributed by atoms with Crippen LogP contribution in [-0.4, -0.2) is 78.1 Å². The van der Waals surface area contributed by atoms with Gasteiger partial charge in [-0.15, -0.1) is 10.2 Å². The van der Waals surface area contributed by atoms with Gasteiger partial charge in [-0.3, -0.25) is 9.89 Å². The minimum atomic E-state index is 0.807. The van der Waals surface area contributed by atoms with Gasteiger partial charge in [0, 0.05) is 52.1 Å². The van der Waals surface area contributed by atoms with Crippen molar-refractivity contribution >= 4 is 5.96 Å². The lowest BCUT2D eigenvalue weighted by Gasteiger charge is -2.26. The summed E-state index contributed by atoms with van der Waals surface area (Å²) in [6, 6.07) is 0. The van der Waals surface area contributed by atoms with Crippen LogP contribution in [0.25, 0.3) is 0 Å². The van der Waals surface area contributed by atoms with Crippen LogP contribution in [0.4, 0.5) is 0 Å². The van der Waals surface area contributed by atoms with Gasteiger partial charge in [-0.05, 0) is 39.2 Å². The first kappa shape index (κ1) is 21.0. The Labute approximate surface area is 169 Å². The van der Waals surface area contributed by atoms with E-state index in [-0.39, 0.29) is 0 Å². The van der Waals surface area contributed by atoms with Crippen LogP contribution in [0.2, 0.25) is 0 Å². The number of morpholine rings is 1. The van der Waals surface area contributed by atoms with Crippen molar-refractivity contribution in [3.8, 4) is 0 Å². The Kier molecular flexibility index (Phi) is 9.03. The molecular weight excluding hydrogens is 354 g/mol. The Hall–Kier alpha value is -1.67. The highest BCUT2D eigenvalue weighted by molar-refractivity contribution is 5.79. The molecule has 2 aliphatic rings. The molecule has 158 valence electrons. The fraction of sp³-hybridized carbons (Fsp3) is 0.850. The third kappa shape index (κ3) is 6.74. The van der Waals surface area contributed by atoms with Crippen LogP contribution in [0.15, 0.2) is 4.99 Å². The fourth-order valence-corrected chi connectivity index (χ4v) is 3.83. The largest absolute Gasteiger partial charge is 0.379 e. The van der Waals surface area contributed by atoms with E-state index in [1.165, 1.54) is 25.1 Å². The van der Waals surface area contributed by atoms with Crippen molar-refractivity contribution < 1.29 is 4.74 Å². The molecule has 3 heterocycles. The highest BCUT2D eigenvalue weighted by Gasteiger charge is 2.14. The molecule has 0 radical (unpaired) electrons. The van der Waals surface area contributed by atoms with Crippen LogP contribution < -0.4 is 10.6 Å². The first-order valence-corrected chi connectivity index (χ1v) is 11.1. The number of aliphatic imine (C=N–C) groups is 1. The van der Waals surface area contributed by atoms with Gasteiger partial charge in [0.05, 0.1) is 13.2 Å². The topological polar surface area (TPSA) is 79.6 Å². The Morgan fingerprint density at radius 3 is 2.82 bits per heavy atom. The molecule has 28 heavy (non-hydrogen) atoms. The molecule has 1 aromatic rings. The molecule has 0 bridgehead atoms. The van der Waals surface area contributed by atoms with Crippen LogP contribution in [-0.2, 0) is 24.1 Å². The van der Waals surface area contributed by atoms with Gasteiger partial charge in [0.1, 0.15) is 11.6 Å². The van der Waals surface area contributed by atoms with Gasteiger partial charge in [-0.1, -0.05) is 6.42 Å². The number of ether oxygens (including phenoxy) is 1. The SMILES string of the molecule is CCNC(=NCCCc1nnc2n1CCCCC2)NCCCN1CCOCC1. The van der Waals surface area contributed by atoms with E-state index in [0.29, 0.717) is 0 Å². The maximum Gasteiger partial charge on any atom is 0.191 e. The number of rotatable bonds is 9. The third-order valence-electron chi connectivity index (χ3n) is 5.41. The summed E-state index contributed by atoms with van der Waals surface area (Å²) in [5.41, 5.74) is 0. The number of aromatic nitrogens is 3. The number of aryl methyl sites for hydroxylation is 2. The van der Waals surface area contributed by atoms with Crippen molar-refractivity contribution in [1.82, 2.24) is 30.3 Å². The van der Waals surface area contributed by atoms with E-state index in [4.69, 9.17) is 9.73 Å². The van der Waals surface area contributed by atoms with Gasteiger partial charge in [0.25, 0.3) is 0 Å². The molecule has 0 amide bonds. The number of hydrogen-bond donors (Lipinski definition) is 2. The fourth-order valence-electron chi connectivity index (χ4n) is 3.83. The summed E-state index contributed by atoms with van der Waals surface area (Å²) in [5, 5.41) is 15.6. The summed E-state index contributed by atoms with van der Waals surface area (Å²) >= 11 is 0. The van der Waals surface area contributed by atoms with Gasteiger partial charge >= 0.3 is 0 Å². The molecule has 3 rings (SSSR count). The summed E-state index contributed by atoms with van der Waals surface area (Å²) in [7, 11) is 0. The molecule has 1 fully saturated rings. The first-order chi connectivity index (χ1) is 13.9. The maximum atomic E-state index is 5.40. The number of guanidine groups is 1. The number of fused-ring (bicyclic) bond motifs is 1. The molecule has 1 aromatic heterocycles. The molecule has 1 saturated heterocycles. The molecule has 0 unspecified atom stereocenters. The van der Waals surface area contributed by atoms with Crippen molar-refractivity contribution in [3.63, 3.8) is 0 Å². The van der Waals surface area contributed by atoms with Crippen molar-refractivity contribution in [3.05, 3.63) is 11.6 Å². The summed E-state index contributed by atoms with van der Waals surface area (Å²) in [5.74, 6) is 3.23. The smallest absolute Gasteiger partial charge is 0.191 e. The van der Waals surface area contributed by atoms with Gasteiger partial charge in [-0.2, -0.15) is 0 Å². The van der Waals surface area contributed by atoms with Crippen molar-refractivity contribution in [2.45, 2.75) is 58.4 Å². The maximum absolute atomic E-state index is 5.40. The molecule has 8 nitrogen and oxygen atoms in total. The predicted octanol–water partition coefficient (Wildman–Crippen LogP) is 1.21. The quantitative estimate of drug-likeness (QED) is 0.374. The van der Waals surface area contributed by atoms with E-state index in [1.54, 1.807) is 0 Å². The average molecular weight is 392 g/mol. The molecule has 2 N–H and O–H groups in total. The lowest BCUT2D eigenvalue weighted by molar-refractivity contribution is 0.0376. The Morgan fingerprint density at radius 1 is 1.07 bits per heavy atom. The van der Waals surface area contributed by atoms with Crippen LogP contribution in [0.3, 0.4) is 0 Å². The van der Waals surface area contributed by atoms with Crippen LogP contribution >= 0.6 is 0 Å². The van der Waals surface area contributed by atoms with Crippen LogP contribution in [0, 0.1) is 0 Å². The second-order valence-corrected chi connectivity index (χ2v) is 7.59. The lowest BCUT2D eigenvalue weighted by atomic mass is 10.2. The molecule has 0 spiro atoms. The van der Waals surface area contributed by atoms with E-state index in [2.05, 4.69) is 37.2 Å². The zero-order valence-electron chi connectivity index (χ0n) is 17.5. The Bertz CT molecular complexity index is 595. The number of hydrogen-bond acceptors (Lipinski definition) is 5. The molecule has 0 atom stereocenters. The van der Waals surface area contributed by atoms with Gasteiger partial charge in [0.2, 0.25) is 0 Å². The molecule has 2 aliphatic heterocycles. The Morgan fingerprint density at radius 2 is 1.96 bits per heavy atom. The normalized spacial score (nSPS) is 18.5. The monoisotopic (exact) mass is 391 g/mol. The molecule has 0 aliphatic carbocycles. The van der Waals surface area contributed by atoms with E-state index in [0.717, 1.165) is 96.5 Å². The van der Waals surface area contributed by atoms with Crippen molar-refractivity contribution in [2.75, 3.05) is 52.5 Å². The summed E-state index contributed by atoms with van der Waals surface area (Å²) < 4.78 is 7.74. The number of nitrogens with zero attached hydrogens (tertiary/aromatic N) is 5. The van der Waals surface area contributed by atoms with E-state index >= 15 is 0 Å². The lowest BCUT2D eigenvalue weighted by Crippen LogP contribution is -2.40. The Balaban J connectivity index is 1.36. The second-order valence-electron chi connectivity index (χ2n) is 7.59. The van der Waals surface area contributed by atoms with E-state index < -0.39 is 0 Å². The standard InChI is InChI=1S/C20H37N7O/c1-2-21-20(23-11-7-12-26-14-16-28-17-15-26)22-10-6-9-19-25-24-18-8-4-3-5-13-27(18)19/h2-17H2,1H3,(H2,21,22,23). The summed E-state index contributed by atoms with van der Waals surface area (Å²) in [6.45, 7) is 10.8. The van der Waals surface area contributed by atoms with Crippen molar-refractivity contribution in [1.29, 1.82) is 0 Å². The van der Waals surface area contributed by atoms with Gasteiger partial charge in [-0.25, -0.2) is 0 Å². The molecule has 0 saturated carbocycles. The minimum absolute atomic E-state index is 0.807. The second kappa shape index (κ2) is 12.0. The van der Waals surface area contributed by atoms with E-state index in [9.17, 15) is 0 Å².